The number of benzene rings is 1. The number of hydrogen-bond acceptors (Lipinski definition) is 4. The summed E-state index contributed by atoms with van der Waals surface area (Å²) in [6.07, 6.45) is 0. The lowest BCUT2D eigenvalue weighted by atomic mass is 9.93. The van der Waals surface area contributed by atoms with Gasteiger partial charge >= 0.3 is 5.69 Å². The molecular weight excluding hydrogens is 272 g/mol. The van der Waals surface area contributed by atoms with Gasteiger partial charge in [0.2, 0.25) is 11.7 Å². The summed E-state index contributed by atoms with van der Waals surface area (Å²) in [5, 5.41) is 13.3. The van der Waals surface area contributed by atoms with Gasteiger partial charge in [-0.3, -0.25) is 14.9 Å². The first-order chi connectivity index (χ1) is 9.15. The van der Waals surface area contributed by atoms with Crippen LogP contribution in [0.1, 0.15) is 19.4 Å². The largest absolute Gasteiger partial charge is 0.369 e. The number of nitro groups is 1. The minimum atomic E-state index is -1.23. The molecule has 0 heterocycles. The SMILES string of the molecule is CC(C)(CNCc1cc([N+](=O)[O-])c(F)cc1F)C(N)=O. The highest BCUT2D eigenvalue weighted by Gasteiger charge is 2.24. The molecule has 0 spiro atoms. The Balaban J connectivity index is 2.81. The van der Waals surface area contributed by atoms with Gasteiger partial charge in [-0.1, -0.05) is 0 Å². The lowest BCUT2D eigenvalue weighted by Crippen LogP contribution is -2.40. The molecule has 8 heteroatoms. The summed E-state index contributed by atoms with van der Waals surface area (Å²) in [6, 6.07) is 1.29. The maximum Gasteiger partial charge on any atom is 0.305 e. The van der Waals surface area contributed by atoms with Gasteiger partial charge in [-0.2, -0.15) is 4.39 Å². The zero-order valence-electron chi connectivity index (χ0n) is 11.1. The van der Waals surface area contributed by atoms with E-state index in [0.29, 0.717) is 6.07 Å². The molecule has 0 saturated carbocycles. The molecule has 1 amide bonds. The molecule has 0 radical (unpaired) electrons. The number of nitro benzene ring substituents is 1. The van der Waals surface area contributed by atoms with Crippen molar-refractivity contribution in [2.45, 2.75) is 20.4 Å². The van der Waals surface area contributed by atoms with E-state index >= 15 is 0 Å². The molecule has 1 aromatic rings. The second-order valence-electron chi connectivity index (χ2n) is 5.00. The van der Waals surface area contributed by atoms with Crippen LogP contribution < -0.4 is 11.1 Å². The maximum absolute atomic E-state index is 13.5. The first kappa shape index (κ1) is 16.0. The number of amides is 1. The highest BCUT2D eigenvalue weighted by atomic mass is 19.1. The molecule has 0 aliphatic carbocycles. The molecule has 0 bridgehead atoms. The Morgan fingerprint density at radius 1 is 1.40 bits per heavy atom. The van der Waals surface area contributed by atoms with Crippen LogP contribution in [0.15, 0.2) is 12.1 Å². The molecule has 20 heavy (non-hydrogen) atoms. The molecule has 0 unspecified atom stereocenters. The van der Waals surface area contributed by atoms with Gasteiger partial charge in [0.25, 0.3) is 0 Å². The highest BCUT2D eigenvalue weighted by molar-refractivity contribution is 5.80. The summed E-state index contributed by atoms with van der Waals surface area (Å²) < 4.78 is 26.6. The van der Waals surface area contributed by atoms with Crippen LogP contribution in [0.3, 0.4) is 0 Å². The molecular formula is C12H15F2N3O3. The maximum atomic E-state index is 13.5. The van der Waals surface area contributed by atoms with E-state index in [1.165, 1.54) is 0 Å². The normalized spacial score (nSPS) is 11.4. The van der Waals surface area contributed by atoms with E-state index in [4.69, 9.17) is 5.73 Å². The van der Waals surface area contributed by atoms with E-state index in [0.717, 1.165) is 6.07 Å². The Bertz CT molecular complexity index is 547. The number of carbonyl (C=O) groups excluding carboxylic acids is 1. The van der Waals surface area contributed by atoms with Crippen LogP contribution >= 0.6 is 0 Å². The van der Waals surface area contributed by atoms with E-state index in [2.05, 4.69) is 5.32 Å². The van der Waals surface area contributed by atoms with Crippen molar-refractivity contribution in [3.63, 3.8) is 0 Å². The number of nitrogens with one attached hydrogen (secondary N) is 1. The summed E-state index contributed by atoms with van der Waals surface area (Å²) in [4.78, 5) is 20.7. The molecule has 0 fully saturated rings. The Labute approximate surface area is 114 Å². The van der Waals surface area contributed by atoms with Crippen molar-refractivity contribution in [3.8, 4) is 0 Å². The number of hydrogen-bond donors (Lipinski definition) is 2. The third-order valence-electron chi connectivity index (χ3n) is 2.86. The summed E-state index contributed by atoms with van der Waals surface area (Å²) in [5.41, 5.74) is 3.48. The molecule has 6 nitrogen and oxygen atoms in total. The number of carbonyl (C=O) groups is 1. The molecule has 1 aromatic carbocycles. The van der Waals surface area contributed by atoms with Crippen molar-refractivity contribution in [2.24, 2.45) is 11.1 Å². The molecule has 1 rings (SSSR count). The Morgan fingerprint density at radius 3 is 2.50 bits per heavy atom. The van der Waals surface area contributed by atoms with Gasteiger partial charge < -0.3 is 11.1 Å². The van der Waals surface area contributed by atoms with E-state index in [1.54, 1.807) is 13.8 Å². The molecule has 0 aliphatic rings. The second kappa shape index (κ2) is 5.91. The molecule has 3 N–H and O–H groups in total. The molecule has 0 aromatic heterocycles. The highest BCUT2D eigenvalue weighted by Crippen LogP contribution is 2.21. The zero-order chi connectivity index (χ0) is 15.5. The van der Waals surface area contributed by atoms with Crippen molar-refractivity contribution < 1.29 is 18.5 Å². The number of nitrogens with two attached hydrogens (primary N) is 1. The van der Waals surface area contributed by atoms with Crippen LogP contribution in [-0.4, -0.2) is 17.4 Å². The fourth-order valence-corrected chi connectivity index (χ4v) is 1.45. The first-order valence-electron chi connectivity index (χ1n) is 5.78. The van der Waals surface area contributed by atoms with Gasteiger partial charge in [-0.05, 0) is 13.8 Å². The van der Waals surface area contributed by atoms with Gasteiger partial charge in [-0.25, -0.2) is 4.39 Å². The van der Waals surface area contributed by atoms with Crippen molar-refractivity contribution in [1.29, 1.82) is 0 Å². The van der Waals surface area contributed by atoms with Gasteiger partial charge in [-0.15, -0.1) is 0 Å². The fraction of sp³-hybridized carbons (Fsp3) is 0.417. The summed E-state index contributed by atoms with van der Waals surface area (Å²) in [6.45, 7) is 3.29. The topological polar surface area (TPSA) is 98.3 Å². The summed E-state index contributed by atoms with van der Waals surface area (Å²) in [7, 11) is 0. The molecule has 0 atom stereocenters. The second-order valence-corrected chi connectivity index (χ2v) is 5.00. The third kappa shape index (κ3) is 3.70. The van der Waals surface area contributed by atoms with E-state index in [9.17, 15) is 23.7 Å². The average Bonchev–Trinajstić information content (AvgIpc) is 2.31. The van der Waals surface area contributed by atoms with Crippen molar-refractivity contribution in [3.05, 3.63) is 39.4 Å². The van der Waals surface area contributed by atoms with E-state index in [-0.39, 0.29) is 18.7 Å². The monoisotopic (exact) mass is 287 g/mol. The minimum absolute atomic E-state index is 0.0571. The summed E-state index contributed by atoms with van der Waals surface area (Å²) in [5.74, 6) is -2.65. The number of halogens is 2. The van der Waals surface area contributed by atoms with E-state index < -0.39 is 33.6 Å². The summed E-state index contributed by atoms with van der Waals surface area (Å²) >= 11 is 0. The van der Waals surface area contributed by atoms with E-state index in [1.807, 2.05) is 0 Å². The Hall–Kier alpha value is -2.09. The van der Waals surface area contributed by atoms with Crippen LogP contribution in [0, 0.1) is 27.2 Å². The standard InChI is InChI=1S/C12H15F2N3O3/c1-12(2,11(15)18)6-16-5-7-3-10(17(19)20)9(14)4-8(7)13/h3-4,16H,5-6H2,1-2H3,(H2,15,18). The number of primary amides is 1. The predicted octanol–water partition coefficient (Wildman–Crippen LogP) is 1.47. The first-order valence-corrected chi connectivity index (χ1v) is 5.78. The minimum Gasteiger partial charge on any atom is -0.369 e. The lowest BCUT2D eigenvalue weighted by molar-refractivity contribution is -0.387. The van der Waals surface area contributed by atoms with Crippen LogP contribution in [0.5, 0.6) is 0 Å². The molecule has 110 valence electrons. The van der Waals surface area contributed by atoms with Crippen LogP contribution in [0.25, 0.3) is 0 Å². The quantitative estimate of drug-likeness (QED) is 0.611. The Morgan fingerprint density at radius 2 is 2.00 bits per heavy atom. The Kier molecular flexibility index (Phi) is 4.72. The van der Waals surface area contributed by atoms with Crippen LogP contribution in [-0.2, 0) is 11.3 Å². The van der Waals surface area contributed by atoms with Crippen LogP contribution in [0.4, 0.5) is 14.5 Å². The van der Waals surface area contributed by atoms with Crippen molar-refractivity contribution >= 4 is 11.6 Å². The van der Waals surface area contributed by atoms with Gasteiger partial charge in [0, 0.05) is 30.8 Å². The average molecular weight is 287 g/mol. The third-order valence-corrected chi connectivity index (χ3v) is 2.86. The fourth-order valence-electron chi connectivity index (χ4n) is 1.45. The van der Waals surface area contributed by atoms with Gasteiger partial charge in [0.05, 0.1) is 10.3 Å². The lowest BCUT2D eigenvalue weighted by Gasteiger charge is -2.20. The van der Waals surface area contributed by atoms with Crippen molar-refractivity contribution in [1.82, 2.24) is 5.32 Å². The van der Waals surface area contributed by atoms with Gasteiger partial charge in [0.1, 0.15) is 5.82 Å². The van der Waals surface area contributed by atoms with Crippen molar-refractivity contribution in [2.75, 3.05) is 6.54 Å². The number of rotatable bonds is 6. The smallest absolute Gasteiger partial charge is 0.305 e. The molecule has 0 saturated heterocycles. The predicted molar refractivity (Wildman–Crippen MR) is 67.7 cm³/mol. The zero-order valence-corrected chi connectivity index (χ0v) is 11.1. The van der Waals surface area contributed by atoms with Crippen LogP contribution in [0.2, 0.25) is 0 Å². The molecule has 0 aliphatic heterocycles. The van der Waals surface area contributed by atoms with Gasteiger partial charge in [0.15, 0.2) is 0 Å². The number of nitrogens with zero attached hydrogens (tertiary/aromatic N) is 1.